The minimum absolute atomic E-state index is 0.188. The number of carbonyl (C=O) groups is 1. The average Bonchev–Trinajstić information content (AvgIpc) is 3.29. The quantitative estimate of drug-likeness (QED) is 0.575. The van der Waals surface area contributed by atoms with Gasteiger partial charge in [0.25, 0.3) is 0 Å². The van der Waals surface area contributed by atoms with Crippen LogP contribution in [0.1, 0.15) is 44.4 Å². The van der Waals surface area contributed by atoms with Gasteiger partial charge in [0.1, 0.15) is 17.4 Å². The number of nitrogens with one attached hydrogen (secondary N) is 1. The molecule has 0 aliphatic carbocycles. The summed E-state index contributed by atoms with van der Waals surface area (Å²) >= 11 is 0. The highest BCUT2D eigenvalue weighted by Crippen LogP contribution is 2.28. The zero-order chi connectivity index (χ0) is 18.8. The van der Waals surface area contributed by atoms with Crippen LogP contribution in [0.2, 0.25) is 0 Å². The number of hydrogen-bond donors (Lipinski definition) is 1. The van der Waals surface area contributed by atoms with E-state index in [0.29, 0.717) is 17.2 Å². The molecule has 0 unspecified atom stereocenters. The van der Waals surface area contributed by atoms with E-state index in [0.717, 1.165) is 22.5 Å². The zero-order valence-corrected chi connectivity index (χ0v) is 15.0. The van der Waals surface area contributed by atoms with Gasteiger partial charge in [0.05, 0.1) is 12.5 Å². The fraction of sp³-hybridized carbons (Fsp3) is 0.211. The van der Waals surface area contributed by atoms with Crippen LogP contribution in [0.4, 0.5) is 0 Å². The first-order valence-electron chi connectivity index (χ1n) is 8.00. The number of nitrogens with zero attached hydrogens (tertiary/aromatic N) is 3. The maximum atomic E-state index is 11.8. The van der Waals surface area contributed by atoms with E-state index in [1.165, 1.54) is 6.26 Å². The molecule has 1 N–H and O–H groups in total. The van der Waals surface area contributed by atoms with Crippen LogP contribution in [0.15, 0.2) is 38.4 Å². The summed E-state index contributed by atoms with van der Waals surface area (Å²) in [5.41, 5.74) is 6.31. The predicted molar refractivity (Wildman–Crippen MR) is 95.5 cm³/mol. The smallest absolute Gasteiger partial charge is 0.307 e. The lowest BCUT2D eigenvalue weighted by molar-refractivity contribution is 0.0927. The monoisotopic (exact) mass is 350 g/mol. The summed E-state index contributed by atoms with van der Waals surface area (Å²) in [5.74, 6) is 0.971. The van der Waals surface area contributed by atoms with E-state index in [-0.39, 0.29) is 5.76 Å². The van der Waals surface area contributed by atoms with Gasteiger partial charge < -0.3 is 8.83 Å². The molecule has 0 atom stereocenters. The third kappa shape index (κ3) is 2.93. The second kappa shape index (κ2) is 6.76. The highest BCUT2D eigenvalue weighted by molar-refractivity contribution is 5.92. The van der Waals surface area contributed by atoms with Crippen molar-refractivity contribution in [1.82, 2.24) is 9.99 Å². The van der Waals surface area contributed by atoms with Gasteiger partial charge in [0, 0.05) is 22.5 Å². The molecule has 26 heavy (non-hydrogen) atoms. The van der Waals surface area contributed by atoms with Crippen LogP contribution in [0.3, 0.4) is 0 Å². The summed E-state index contributed by atoms with van der Waals surface area (Å²) in [4.78, 5) is 11.8. The number of furan rings is 2. The Morgan fingerprint density at radius 3 is 2.77 bits per heavy atom. The van der Waals surface area contributed by atoms with Crippen LogP contribution in [0.5, 0.6) is 0 Å². The van der Waals surface area contributed by atoms with E-state index < -0.39 is 5.91 Å². The summed E-state index contributed by atoms with van der Waals surface area (Å²) in [6, 6.07) is 7.30. The molecule has 3 aromatic heterocycles. The Morgan fingerprint density at radius 1 is 1.35 bits per heavy atom. The minimum Gasteiger partial charge on any atom is -0.459 e. The molecule has 7 heteroatoms. The van der Waals surface area contributed by atoms with Crippen molar-refractivity contribution in [2.24, 2.45) is 5.10 Å². The standard InChI is InChI=1S/C19H18N4O3/c1-11-8-15(10-21-22-18(24)17-6-5-7-25-17)13(3)23(11)19-16(9-20)12(2)14(4)26-19/h5-8,10H,1-4H3,(H,22,24)/b21-10-. The number of hydrazone groups is 1. The summed E-state index contributed by atoms with van der Waals surface area (Å²) < 4.78 is 12.7. The van der Waals surface area contributed by atoms with Gasteiger partial charge in [-0.25, -0.2) is 5.43 Å². The number of carbonyl (C=O) groups excluding carboxylic acids is 1. The maximum absolute atomic E-state index is 11.8. The third-order valence-electron chi connectivity index (χ3n) is 4.27. The van der Waals surface area contributed by atoms with E-state index >= 15 is 0 Å². The van der Waals surface area contributed by atoms with Crippen molar-refractivity contribution < 1.29 is 13.6 Å². The molecule has 0 aliphatic rings. The number of aromatic nitrogens is 1. The summed E-state index contributed by atoms with van der Waals surface area (Å²) in [5, 5.41) is 13.4. The molecular formula is C19H18N4O3. The van der Waals surface area contributed by atoms with Crippen LogP contribution in [-0.2, 0) is 0 Å². The van der Waals surface area contributed by atoms with Crippen molar-refractivity contribution in [3.8, 4) is 12.0 Å². The predicted octanol–water partition coefficient (Wildman–Crippen LogP) is 3.53. The van der Waals surface area contributed by atoms with Crippen LogP contribution in [0, 0.1) is 39.0 Å². The number of nitriles is 1. The van der Waals surface area contributed by atoms with Gasteiger partial charge in [-0.3, -0.25) is 9.36 Å². The van der Waals surface area contributed by atoms with E-state index in [9.17, 15) is 10.1 Å². The van der Waals surface area contributed by atoms with E-state index in [2.05, 4.69) is 16.6 Å². The average molecular weight is 350 g/mol. The Morgan fingerprint density at radius 2 is 2.12 bits per heavy atom. The Labute approximate surface area is 150 Å². The molecule has 7 nitrogen and oxygen atoms in total. The van der Waals surface area contributed by atoms with Gasteiger partial charge in [-0.05, 0) is 45.9 Å². The molecule has 1 amide bonds. The molecule has 3 aromatic rings. The second-order valence-corrected chi connectivity index (χ2v) is 5.91. The maximum Gasteiger partial charge on any atom is 0.307 e. The van der Waals surface area contributed by atoms with E-state index in [1.54, 1.807) is 18.3 Å². The second-order valence-electron chi connectivity index (χ2n) is 5.91. The summed E-state index contributed by atoms with van der Waals surface area (Å²) in [7, 11) is 0. The van der Waals surface area contributed by atoms with Crippen molar-refractivity contribution in [3.63, 3.8) is 0 Å². The van der Waals surface area contributed by atoms with Crippen LogP contribution in [0.25, 0.3) is 5.88 Å². The van der Waals surface area contributed by atoms with Crippen molar-refractivity contribution >= 4 is 12.1 Å². The van der Waals surface area contributed by atoms with Crippen molar-refractivity contribution in [2.45, 2.75) is 27.7 Å². The number of amides is 1. The van der Waals surface area contributed by atoms with Gasteiger partial charge >= 0.3 is 5.91 Å². The van der Waals surface area contributed by atoms with Crippen molar-refractivity contribution in [1.29, 1.82) is 5.26 Å². The Kier molecular flexibility index (Phi) is 4.50. The molecule has 0 spiro atoms. The normalized spacial score (nSPS) is 11.0. The Balaban J connectivity index is 1.90. The highest BCUT2D eigenvalue weighted by atomic mass is 16.4. The topological polar surface area (TPSA) is 96.5 Å². The molecule has 0 fully saturated rings. The van der Waals surface area contributed by atoms with Crippen LogP contribution in [-0.4, -0.2) is 16.7 Å². The largest absolute Gasteiger partial charge is 0.459 e. The van der Waals surface area contributed by atoms with Gasteiger partial charge in [0.2, 0.25) is 5.88 Å². The lowest BCUT2D eigenvalue weighted by Gasteiger charge is -2.06. The summed E-state index contributed by atoms with van der Waals surface area (Å²) in [6.07, 6.45) is 2.97. The van der Waals surface area contributed by atoms with Crippen LogP contribution >= 0.6 is 0 Å². The van der Waals surface area contributed by atoms with Crippen LogP contribution < -0.4 is 5.43 Å². The van der Waals surface area contributed by atoms with Gasteiger partial charge in [-0.15, -0.1) is 0 Å². The lowest BCUT2D eigenvalue weighted by Crippen LogP contribution is -2.16. The minimum atomic E-state index is -0.427. The number of hydrogen-bond acceptors (Lipinski definition) is 5. The SMILES string of the molecule is Cc1oc(-n2c(C)cc(/C=N\NC(=O)c3ccco3)c2C)c(C#N)c1C. The van der Waals surface area contributed by atoms with Gasteiger partial charge in [-0.2, -0.15) is 10.4 Å². The molecule has 3 rings (SSSR count). The molecule has 3 heterocycles. The first-order valence-corrected chi connectivity index (χ1v) is 8.00. The third-order valence-corrected chi connectivity index (χ3v) is 4.27. The van der Waals surface area contributed by atoms with E-state index in [4.69, 9.17) is 8.83 Å². The first kappa shape index (κ1) is 17.3. The molecule has 0 aliphatic heterocycles. The Hall–Kier alpha value is -3.53. The molecule has 0 radical (unpaired) electrons. The Bertz CT molecular complexity index is 1030. The van der Waals surface area contributed by atoms with Gasteiger partial charge in [-0.1, -0.05) is 0 Å². The summed E-state index contributed by atoms with van der Waals surface area (Å²) in [6.45, 7) is 7.51. The van der Waals surface area contributed by atoms with Crippen molar-refractivity contribution in [3.05, 3.63) is 64.1 Å². The number of aryl methyl sites for hydroxylation is 2. The number of rotatable bonds is 4. The fourth-order valence-electron chi connectivity index (χ4n) is 2.75. The van der Waals surface area contributed by atoms with Crippen molar-refractivity contribution in [2.75, 3.05) is 0 Å². The van der Waals surface area contributed by atoms with Gasteiger partial charge in [0.15, 0.2) is 5.76 Å². The molecule has 0 saturated carbocycles. The molecule has 0 bridgehead atoms. The molecule has 0 aromatic carbocycles. The van der Waals surface area contributed by atoms with E-state index in [1.807, 2.05) is 38.3 Å². The molecule has 132 valence electrons. The fourth-order valence-corrected chi connectivity index (χ4v) is 2.75. The molecular weight excluding hydrogens is 332 g/mol. The molecule has 0 saturated heterocycles. The zero-order valence-electron chi connectivity index (χ0n) is 15.0. The first-order chi connectivity index (χ1) is 12.4. The lowest BCUT2D eigenvalue weighted by atomic mass is 10.2. The highest BCUT2D eigenvalue weighted by Gasteiger charge is 2.20.